The Kier molecular flexibility index (Phi) is 5.29. The number of nitrogens with zero attached hydrogens (tertiary/aromatic N) is 1. The van der Waals surface area contributed by atoms with Crippen LogP contribution in [0.4, 0.5) is 13.2 Å². The number of alkyl halides is 2. The SMILES string of the molecule is C/C(=N/[SH]=O)c1cccc(C(F)(F)C2(OCc3ccccc3)CC2)c1F. The third-order valence-electron chi connectivity index (χ3n) is 4.55. The lowest BCUT2D eigenvalue weighted by molar-refractivity contribution is -0.169. The molecule has 0 bridgehead atoms. The summed E-state index contributed by atoms with van der Waals surface area (Å²) in [6.07, 6.45) is 0.311. The predicted molar refractivity (Wildman–Crippen MR) is 95.2 cm³/mol. The van der Waals surface area contributed by atoms with Crippen LogP contribution in [0.2, 0.25) is 0 Å². The van der Waals surface area contributed by atoms with Gasteiger partial charge in [-0.3, -0.25) is 0 Å². The van der Waals surface area contributed by atoms with Crippen molar-refractivity contribution in [2.75, 3.05) is 0 Å². The Morgan fingerprint density at radius 3 is 2.50 bits per heavy atom. The van der Waals surface area contributed by atoms with E-state index in [-0.39, 0.29) is 30.7 Å². The highest BCUT2D eigenvalue weighted by Gasteiger charge is 2.65. The lowest BCUT2D eigenvalue weighted by atomic mass is 9.97. The van der Waals surface area contributed by atoms with Crippen molar-refractivity contribution in [1.29, 1.82) is 0 Å². The number of ether oxygens (including phenoxy) is 1. The normalized spacial score (nSPS) is 16.5. The van der Waals surface area contributed by atoms with E-state index >= 15 is 8.78 Å². The largest absolute Gasteiger partial charge is 0.364 e. The summed E-state index contributed by atoms with van der Waals surface area (Å²) in [7, 11) is 0. The minimum Gasteiger partial charge on any atom is -0.364 e. The van der Waals surface area contributed by atoms with Gasteiger partial charge in [0.25, 0.3) is 0 Å². The van der Waals surface area contributed by atoms with E-state index in [1.54, 1.807) is 24.3 Å². The maximum Gasteiger partial charge on any atom is 0.304 e. The molecule has 26 heavy (non-hydrogen) atoms. The molecule has 2 aromatic carbocycles. The molecule has 0 N–H and O–H groups in total. The molecule has 0 unspecified atom stereocenters. The van der Waals surface area contributed by atoms with Crippen molar-refractivity contribution in [2.24, 2.45) is 4.40 Å². The van der Waals surface area contributed by atoms with E-state index in [1.165, 1.54) is 19.1 Å². The molecule has 0 aliphatic heterocycles. The molecule has 2 aromatic rings. The second kappa shape index (κ2) is 7.32. The highest BCUT2D eigenvalue weighted by atomic mass is 32.2. The lowest BCUT2D eigenvalue weighted by Crippen LogP contribution is -2.37. The number of hydrogen-bond acceptors (Lipinski definition) is 2. The fourth-order valence-corrected chi connectivity index (χ4v) is 3.10. The Hall–Kier alpha value is -1.99. The third kappa shape index (κ3) is 3.46. The standard InChI is InChI=1S/C19H18F3NO2S/c1-13(23-26-24)15-8-5-9-16(17(15)20)19(21,22)18(10-11-18)25-12-14-6-3-2-4-7-14/h2-9,26H,10-12H2,1H3/b23-13-. The number of hydrogen-bond donors (Lipinski definition) is 1. The smallest absolute Gasteiger partial charge is 0.304 e. The van der Waals surface area contributed by atoms with Crippen molar-refractivity contribution in [1.82, 2.24) is 0 Å². The highest BCUT2D eigenvalue weighted by molar-refractivity contribution is 7.64. The van der Waals surface area contributed by atoms with Crippen LogP contribution in [-0.2, 0) is 29.1 Å². The van der Waals surface area contributed by atoms with Gasteiger partial charge < -0.3 is 4.74 Å². The fraction of sp³-hybridized carbons (Fsp3) is 0.316. The van der Waals surface area contributed by atoms with Gasteiger partial charge in [-0.05, 0) is 31.4 Å². The summed E-state index contributed by atoms with van der Waals surface area (Å²) in [5.74, 6) is -4.55. The van der Waals surface area contributed by atoms with Gasteiger partial charge in [-0.2, -0.15) is 13.2 Å². The van der Waals surface area contributed by atoms with Gasteiger partial charge in [0, 0.05) is 5.56 Å². The number of halogens is 3. The average molecular weight is 381 g/mol. The molecule has 1 aliphatic carbocycles. The maximum atomic E-state index is 15.1. The predicted octanol–water partition coefficient (Wildman–Crippen LogP) is 4.34. The summed E-state index contributed by atoms with van der Waals surface area (Å²) in [4.78, 5) is 0. The van der Waals surface area contributed by atoms with Gasteiger partial charge in [0.15, 0.2) is 0 Å². The van der Waals surface area contributed by atoms with Crippen molar-refractivity contribution in [3.8, 4) is 0 Å². The van der Waals surface area contributed by atoms with Gasteiger partial charge in [-0.15, -0.1) is 0 Å². The van der Waals surface area contributed by atoms with Gasteiger partial charge >= 0.3 is 5.92 Å². The van der Waals surface area contributed by atoms with Crippen LogP contribution in [0.25, 0.3) is 0 Å². The Bertz CT molecular complexity index is 836. The van der Waals surface area contributed by atoms with Gasteiger partial charge in [0.1, 0.15) is 23.3 Å². The molecule has 0 amide bonds. The van der Waals surface area contributed by atoms with Gasteiger partial charge in [-0.25, -0.2) is 8.60 Å². The summed E-state index contributed by atoms with van der Waals surface area (Å²) in [5.41, 5.74) is -1.65. The van der Waals surface area contributed by atoms with Crippen LogP contribution < -0.4 is 0 Å². The summed E-state index contributed by atoms with van der Waals surface area (Å²) in [5, 5.41) is 0. The molecule has 1 fully saturated rings. The Morgan fingerprint density at radius 1 is 1.19 bits per heavy atom. The topological polar surface area (TPSA) is 38.7 Å². The number of thiol groups is 1. The number of rotatable bonds is 7. The second-order valence-corrected chi connectivity index (χ2v) is 6.64. The summed E-state index contributed by atoms with van der Waals surface area (Å²) in [6, 6.07) is 12.8. The molecule has 0 radical (unpaired) electrons. The summed E-state index contributed by atoms with van der Waals surface area (Å²) < 4.78 is 64.7. The third-order valence-corrected chi connectivity index (χ3v) is 4.93. The zero-order chi connectivity index (χ0) is 18.8. The van der Waals surface area contributed by atoms with E-state index in [9.17, 15) is 8.60 Å². The van der Waals surface area contributed by atoms with Crippen LogP contribution in [0.3, 0.4) is 0 Å². The quantitative estimate of drug-likeness (QED) is 0.573. The van der Waals surface area contributed by atoms with Crippen molar-refractivity contribution in [2.45, 2.75) is 37.9 Å². The van der Waals surface area contributed by atoms with Gasteiger partial charge in [0.2, 0.25) is 0 Å². The zero-order valence-electron chi connectivity index (χ0n) is 14.1. The molecule has 138 valence electrons. The molecule has 0 heterocycles. The first-order valence-corrected chi connectivity index (χ1v) is 8.90. The van der Waals surface area contributed by atoms with Crippen molar-refractivity contribution in [3.05, 3.63) is 71.0 Å². The highest BCUT2D eigenvalue weighted by Crippen LogP contribution is 2.57. The second-order valence-electron chi connectivity index (χ2n) is 6.28. The first-order chi connectivity index (χ1) is 12.4. The van der Waals surface area contributed by atoms with Crippen LogP contribution in [0, 0.1) is 5.82 Å². The van der Waals surface area contributed by atoms with Crippen molar-refractivity contribution >= 4 is 17.6 Å². The Labute approximate surface area is 153 Å². The monoisotopic (exact) mass is 381 g/mol. The molecular weight excluding hydrogens is 363 g/mol. The molecule has 0 saturated heterocycles. The van der Waals surface area contributed by atoms with E-state index < -0.39 is 34.8 Å². The number of benzene rings is 2. The van der Waals surface area contributed by atoms with Crippen LogP contribution in [0.15, 0.2) is 52.9 Å². The summed E-state index contributed by atoms with van der Waals surface area (Å²) >= 11 is -0.551. The Morgan fingerprint density at radius 2 is 1.88 bits per heavy atom. The van der Waals surface area contributed by atoms with Crippen molar-refractivity contribution < 1.29 is 22.1 Å². The Balaban J connectivity index is 1.89. The van der Waals surface area contributed by atoms with Gasteiger partial charge in [0.05, 0.1) is 17.9 Å². The maximum absolute atomic E-state index is 15.1. The average Bonchev–Trinajstić information content (AvgIpc) is 3.43. The zero-order valence-corrected chi connectivity index (χ0v) is 15.0. The molecule has 0 aromatic heterocycles. The van der Waals surface area contributed by atoms with Crippen molar-refractivity contribution in [3.63, 3.8) is 0 Å². The van der Waals surface area contributed by atoms with Crippen LogP contribution in [0.5, 0.6) is 0 Å². The summed E-state index contributed by atoms with van der Waals surface area (Å²) in [6.45, 7) is 1.46. The van der Waals surface area contributed by atoms with Gasteiger partial charge in [-0.1, -0.05) is 42.5 Å². The molecule has 1 aliphatic rings. The minimum absolute atomic E-state index is 0.0350. The fourth-order valence-electron chi connectivity index (χ4n) is 2.87. The molecule has 3 nitrogen and oxygen atoms in total. The van der Waals surface area contributed by atoms with E-state index in [2.05, 4.69) is 4.40 Å². The molecule has 0 atom stereocenters. The molecule has 1 saturated carbocycles. The van der Waals surface area contributed by atoms with E-state index in [4.69, 9.17) is 4.74 Å². The van der Waals surface area contributed by atoms with E-state index in [0.717, 1.165) is 11.6 Å². The van der Waals surface area contributed by atoms with Crippen LogP contribution >= 0.6 is 0 Å². The van der Waals surface area contributed by atoms with E-state index in [1.807, 2.05) is 6.07 Å². The first kappa shape index (κ1) is 18.8. The van der Waals surface area contributed by atoms with E-state index in [0.29, 0.717) is 0 Å². The molecule has 7 heteroatoms. The molecular formula is C19H18F3NO2S. The van der Waals surface area contributed by atoms with Crippen LogP contribution in [-0.4, -0.2) is 15.5 Å². The lowest BCUT2D eigenvalue weighted by Gasteiger charge is -2.28. The molecule has 3 rings (SSSR count). The molecule has 0 spiro atoms. The van der Waals surface area contributed by atoms with Crippen LogP contribution in [0.1, 0.15) is 36.5 Å². The minimum atomic E-state index is -3.49. The first-order valence-electron chi connectivity index (χ1n) is 8.13.